The highest BCUT2D eigenvalue weighted by atomic mass is 16.5. The van der Waals surface area contributed by atoms with Crippen LogP contribution in [0.4, 0.5) is 0 Å². The van der Waals surface area contributed by atoms with Crippen molar-refractivity contribution < 1.29 is 19.7 Å². The monoisotopic (exact) mass is 429 g/mol. The summed E-state index contributed by atoms with van der Waals surface area (Å²) in [6, 6.07) is 10.2. The summed E-state index contributed by atoms with van der Waals surface area (Å²) in [5.41, 5.74) is 2.04. The van der Waals surface area contributed by atoms with Crippen molar-refractivity contribution >= 4 is 5.91 Å². The number of amides is 1. The van der Waals surface area contributed by atoms with Crippen LogP contribution < -0.4 is 0 Å². The van der Waals surface area contributed by atoms with Gasteiger partial charge in [0.1, 0.15) is 18.3 Å². The zero-order chi connectivity index (χ0) is 21.8. The van der Waals surface area contributed by atoms with E-state index in [0.717, 1.165) is 38.2 Å². The number of hydrogen-bond acceptors (Lipinski definition) is 7. The van der Waals surface area contributed by atoms with Crippen molar-refractivity contribution in [2.45, 2.75) is 63.3 Å². The Labute approximate surface area is 182 Å². The summed E-state index contributed by atoms with van der Waals surface area (Å²) in [6.45, 7) is 3.22. The molecular formula is C22H31N5O4. The van der Waals surface area contributed by atoms with E-state index in [1.165, 1.54) is 5.56 Å². The Balaban J connectivity index is 1.29. The Morgan fingerprint density at radius 1 is 1.13 bits per heavy atom. The fourth-order valence-corrected chi connectivity index (χ4v) is 4.33. The van der Waals surface area contributed by atoms with Crippen LogP contribution in [-0.2, 0) is 29.2 Å². The van der Waals surface area contributed by atoms with Crippen LogP contribution in [-0.4, -0.2) is 85.5 Å². The van der Waals surface area contributed by atoms with E-state index in [0.29, 0.717) is 6.54 Å². The predicted molar refractivity (Wildman–Crippen MR) is 113 cm³/mol. The first-order valence-electron chi connectivity index (χ1n) is 10.9. The van der Waals surface area contributed by atoms with Crippen LogP contribution in [0, 0.1) is 0 Å². The Bertz CT molecular complexity index is 855. The molecule has 1 amide bonds. The summed E-state index contributed by atoms with van der Waals surface area (Å²) in [4.78, 5) is 16.3. The molecule has 0 spiro atoms. The molecular weight excluding hydrogens is 398 g/mol. The molecule has 2 saturated heterocycles. The van der Waals surface area contributed by atoms with Crippen molar-refractivity contribution in [3.63, 3.8) is 0 Å². The van der Waals surface area contributed by atoms with Gasteiger partial charge in [0.2, 0.25) is 5.91 Å². The zero-order valence-corrected chi connectivity index (χ0v) is 17.9. The van der Waals surface area contributed by atoms with Gasteiger partial charge in [0.05, 0.1) is 24.8 Å². The number of aliphatic hydroxyl groups excluding tert-OH is 2. The molecule has 2 aliphatic rings. The Hall–Kier alpha value is -2.33. The lowest BCUT2D eigenvalue weighted by Gasteiger charge is -2.19. The van der Waals surface area contributed by atoms with Crippen molar-refractivity contribution in [3.05, 3.63) is 47.8 Å². The van der Waals surface area contributed by atoms with Gasteiger partial charge in [-0.1, -0.05) is 35.5 Å². The molecule has 4 rings (SSSR count). The van der Waals surface area contributed by atoms with Crippen molar-refractivity contribution in [2.75, 3.05) is 20.1 Å². The molecule has 9 nitrogen and oxygen atoms in total. The predicted octanol–water partition coefficient (Wildman–Crippen LogP) is 0.412. The van der Waals surface area contributed by atoms with Gasteiger partial charge in [0.25, 0.3) is 0 Å². The Morgan fingerprint density at radius 3 is 2.58 bits per heavy atom. The summed E-state index contributed by atoms with van der Waals surface area (Å²) in [5, 5.41) is 29.1. The number of hydrogen-bond donors (Lipinski definition) is 2. The van der Waals surface area contributed by atoms with E-state index < -0.39 is 24.4 Å². The van der Waals surface area contributed by atoms with E-state index in [4.69, 9.17) is 4.74 Å². The number of aromatic nitrogens is 3. The number of benzene rings is 1. The van der Waals surface area contributed by atoms with E-state index >= 15 is 0 Å². The first-order valence-corrected chi connectivity index (χ1v) is 10.9. The number of carbonyl (C=O) groups excluding carboxylic acids is 1. The van der Waals surface area contributed by atoms with Gasteiger partial charge in [-0.3, -0.25) is 9.69 Å². The zero-order valence-electron chi connectivity index (χ0n) is 17.9. The van der Waals surface area contributed by atoms with Crippen LogP contribution in [0.15, 0.2) is 36.5 Å². The maximum atomic E-state index is 12.4. The van der Waals surface area contributed by atoms with Crippen molar-refractivity contribution in [1.82, 2.24) is 24.8 Å². The first-order chi connectivity index (χ1) is 15.0. The van der Waals surface area contributed by atoms with Gasteiger partial charge in [-0.05, 0) is 25.5 Å². The maximum absolute atomic E-state index is 12.4. The molecule has 2 fully saturated rings. The minimum absolute atomic E-state index is 0.0288. The van der Waals surface area contributed by atoms with Crippen LogP contribution in [0.1, 0.15) is 30.5 Å². The average Bonchev–Trinajstić information content (AvgIpc) is 3.49. The van der Waals surface area contributed by atoms with Gasteiger partial charge in [0, 0.05) is 32.4 Å². The van der Waals surface area contributed by atoms with Gasteiger partial charge in [-0.2, -0.15) is 0 Å². The maximum Gasteiger partial charge on any atom is 0.225 e. The summed E-state index contributed by atoms with van der Waals surface area (Å²) >= 11 is 0. The smallest absolute Gasteiger partial charge is 0.225 e. The molecule has 0 saturated carbocycles. The minimum Gasteiger partial charge on any atom is -0.388 e. The number of likely N-dealkylation sites (tertiary alicyclic amines) is 1. The van der Waals surface area contributed by atoms with E-state index in [9.17, 15) is 15.0 Å². The third kappa shape index (κ3) is 5.48. The van der Waals surface area contributed by atoms with Crippen LogP contribution >= 0.6 is 0 Å². The number of aliphatic hydroxyl groups is 2. The fourth-order valence-electron chi connectivity index (χ4n) is 4.33. The van der Waals surface area contributed by atoms with Crippen molar-refractivity contribution in [2.24, 2.45) is 0 Å². The third-order valence-electron chi connectivity index (χ3n) is 5.98. The molecule has 9 heteroatoms. The van der Waals surface area contributed by atoms with Gasteiger partial charge in [-0.25, -0.2) is 4.68 Å². The largest absolute Gasteiger partial charge is 0.388 e. The molecule has 0 radical (unpaired) electrons. The fraction of sp³-hybridized carbons (Fsp3) is 0.591. The molecule has 3 heterocycles. The van der Waals surface area contributed by atoms with Crippen molar-refractivity contribution in [3.8, 4) is 0 Å². The molecule has 0 unspecified atom stereocenters. The molecule has 2 aliphatic heterocycles. The van der Waals surface area contributed by atoms with Gasteiger partial charge < -0.3 is 19.8 Å². The van der Waals surface area contributed by atoms with Gasteiger partial charge in [0.15, 0.2) is 0 Å². The van der Waals surface area contributed by atoms with E-state index in [1.807, 2.05) is 31.4 Å². The quantitative estimate of drug-likeness (QED) is 0.626. The lowest BCUT2D eigenvalue weighted by molar-refractivity contribution is -0.134. The molecule has 2 aromatic rings. The second-order valence-electron chi connectivity index (χ2n) is 8.58. The van der Waals surface area contributed by atoms with E-state index in [-0.39, 0.29) is 18.9 Å². The summed E-state index contributed by atoms with van der Waals surface area (Å²) in [6.07, 6.45) is 0.451. The van der Waals surface area contributed by atoms with Gasteiger partial charge in [-0.15, -0.1) is 5.10 Å². The topological polar surface area (TPSA) is 104 Å². The van der Waals surface area contributed by atoms with Crippen LogP contribution in [0.25, 0.3) is 0 Å². The van der Waals surface area contributed by atoms with E-state index in [1.54, 1.807) is 9.58 Å². The second kappa shape index (κ2) is 9.86. The Kier molecular flexibility index (Phi) is 6.96. The molecule has 1 aromatic heterocycles. The number of rotatable bonds is 8. The highest BCUT2D eigenvalue weighted by Crippen LogP contribution is 2.26. The highest BCUT2D eigenvalue weighted by Gasteiger charge is 2.44. The Morgan fingerprint density at radius 2 is 1.84 bits per heavy atom. The normalized spacial score (nSPS) is 26.1. The molecule has 4 atom stereocenters. The third-order valence-corrected chi connectivity index (χ3v) is 5.98. The lowest BCUT2D eigenvalue weighted by Crippen LogP contribution is -2.37. The number of carbonyl (C=O) groups is 1. The number of ether oxygens (including phenoxy) is 1. The van der Waals surface area contributed by atoms with E-state index in [2.05, 4.69) is 27.3 Å². The summed E-state index contributed by atoms with van der Waals surface area (Å²) < 4.78 is 7.46. The standard InChI is InChI=1S/C22H31N5O4/c1-25(12-16-7-3-2-4-8-16)13-17-14-27(24-23-17)15-19-22(30)21(29)18(31-19)11-20(28)26-9-5-6-10-26/h2-4,7-8,14,18-19,21-22,29-30H,5-6,9-13,15H2,1H3/t18-,19-,21-,22+/m0/s1. The van der Waals surface area contributed by atoms with Crippen LogP contribution in [0.5, 0.6) is 0 Å². The lowest BCUT2D eigenvalue weighted by atomic mass is 10.1. The molecule has 2 N–H and O–H groups in total. The highest BCUT2D eigenvalue weighted by molar-refractivity contribution is 5.77. The van der Waals surface area contributed by atoms with Gasteiger partial charge >= 0.3 is 0 Å². The minimum atomic E-state index is -1.09. The second-order valence-corrected chi connectivity index (χ2v) is 8.58. The molecule has 1 aromatic carbocycles. The molecule has 31 heavy (non-hydrogen) atoms. The first kappa shape index (κ1) is 21.9. The molecule has 0 aliphatic carbocycles. The molecule has 168 valence electrons. The number of nitrogens with zero attached hydrogens (tertiary/aromatic N) is 5. The average molecular weight is 430 g/mol. The molecule has 0 bridgehead atoms. The van der Waals surface area contributed by atoms with Crippen LogP contribution in [0.3, 0.4) is 0 Å². The SMILES string of the molecule is CN(Cc1ccccc1)Cc1cn(C[C@@H]2O[C@@H](CC(=O)N3CCCC3)[C@H](O)[C@@H]2O)nn1. The van der Waals surface area contributed by atoms with Crippen molar-refractivity contribution in [1.29, 1.82) is 0 Å². The summed E-state index contributed by atoms with van der Waals surface area (Å²) in [7, 11) is 2.02. The van der Waals surface area contributed by atoms with Crippen LogP contribution in [0.2, 0.25) is 0 Å². The summed E-state index contributed by atoms with van der Waals surface area (Å²) in [5.74, 6) is -0.0288.